The number of furan rings is 1. The average Bonchev–Trinajstić information content (AvgIpc) is 2.97. The minimum atomic E-state index is -0.394. The first-order valence-corrected chi connectivity index (χ1v) is 5.48. The summed E-state index contributed by atoms with van der Waals surface area (Å²) in [7, 11) is 1.65. The summed E-state index contributed by atoms with van der Waals surface area (Å²) in [5.41, 5.74) is 0.313. The molecule has 92 valence electrons. The number of nitrogens with one attached hydrogen (secondary N) is 1. The largest absolute Gasteiger partial charge is 0.456 e. The number of hydrogen-bond acceptors (Lipinski definition) is 4. The third-order valence-electron chi connectivity index (χ3n) is 2.53. The number of nitrogens with zero attached hydrogens (tertiary/aromatic N) is 3. The van der Waals surface area contributed by atoms with Gasteiger partial charge < -0.3 is 9.73 Å². The normalized spacial score (nSPS) is 10.1. The van der Waals surface area contributed by atoms with Gasteiger partial charge in [-0.25, -0.2) is 0 Å². The fourth-order valence-electron chi connectivity index (χ4n) is 1.53. The number of aryl methyl sites for hydroxylation is 2. The number of anilines is 1. The van der Waals surface area contributed by atoms with E-state index in [0.29, 0.717) is 11.4 Å². The van der Waals surface area contributed by atoms with Crippen molar-refractivity contribution in [3.05, 3.63) is 35.4 Å². The van der Waals surface area contributed by atoms with E-state index in [2.05, 4.69) is 10.4 Å². The highest BCUT2D eigenvalue weighted by Gasteiger charge is 2.15. The van der Waals surface area contributed by atoms with Crippen LogP contribution in [0.25, 0.3) is 0 Å². The number of nitriles is 1. The van der Waals surface area contributed by atoms with E-state index in [-0.39, 0.29) is 5.76 Å². The Kier molecular flexibility index (Phi) is 3.15. The Balaban J connectivity index is 2.21. The molecule has 0 aliphatic heterocycles. The van der Waals surface area contributed by atoms with Gasteiger partial charge in [0.25, 0.3) is 5.91 Å². The van der Waals surface area contributed by atoms with Gasteiger partial charge in [-0.05, 0) is 12.1 Å². The van der Waals surface area contributed by atoms with E-state index in [1.165, 1.54) is 10.9 Å². The van der Waals surface area contributed by atoms with Crippen molar-refractivity contribution in [1.29, 1.82) is 5.26 Å². The van der Waals surface area contributed by atoms with Gasteiger partial charge in [-0.1, -0.05) is 6.92 Å². The summed E-state index contributed by atoms with van der Waals surface area (Å²) in [4.78, 5) is 11.9. The number of rotatable bonds is 3. The molecule has 2 aromatic heterocycles. The lowest BCUT2D eigenvalue weighted by atomic mass is 10.3. The lowest BCUT2D eigenvalue weighted by molar-refractivity contribution is 0.0994. The molecular weight excluding hydrogens is 232 g/mol. The van der Waals surface area contributed by atoms with Crippen molar-refractivity contribution in [2.45, 2.75) is 13.3 Å². The quantitative estimate of drug-likeness (QED) is 0.890. The molecule has 0 aliphatic carbocycles. The zero-order valence-corrected chi connectivity index (χ0v) is 10.1. The fourth-order valence-corrected chi connectivity index (χ4v) is 1.53. The first kappa shape index (κ1) is 11.9. The third kappa shape index (κ3) is 2.11. The molecule has 1 N–H and O–H groups in total. The van der Waals surface area contributed by atoms with E-state index in [4.69, 9.17) is 9.68 Å². The van der Waals surface area contributed by atoms with E-state index in [1.807, 2.05) is 13.0 Å². The van der Waals surface area contributed by atoms with Crippen LogP contribution in [0.3, 0.4) is 0 Å². The minimum Gasteiger partial charge on any atom is -0.456 e. The topological polar surface area (TPSA) is 83.9 Å². The van der Waals surface area contributed by atoms with Gasteiger partial charge in [0.15, 0.2) is 5.76 Å². The molecule has 6 nitrogen and oxygen atoms in total. The first-order valence-electron chi connectivity index (χ1n) is 5.48. The van der Waals surface area contributed by atoms with Gasteiger partial charge in [0.2, 0.25) is 0 Å². The van der Waals surface area contributed by atoms with E-state index in [0.717, 1.165) is 12.2 Å². The Hall–Kier alpha value is -2.55. The van der Waals surface area contributed by atoms with Gasteiger partial charge in [0, 0.05) is 13.5 Å². The monoisotopic (exact) mass is 244 g/mol. The van der Waals surface area contributed by atoms with Gasteiger partial charge in [0.1, 0.15) is 23.2 Å². The van der Waals surface area contributed by atoms with Crippen LogP contribution in [0.2, 0.25) is 0 Å². The molecule has 0 unspecified atom stereocenters. The summed E-state index contributed by atoms with van der Waals surface area (Å²) in [5.74, 6) is 0.925. The maximum Gasteiger partial charge on any atom is 0.292 e. The lowest BCUT2D eigenvalue weighted by Crippen LogP contribution is -2.14. The van der Waals surface area contributed by atoms with Crippen LogP contribution in [0.15, 0.2) is 22.7 Å². The fraction of sp³-hybridized carbons (Fsp3) is 0.250. The maximum atomic E-state index is 11.9. The Labute approximate surface area is 104 Å². The van der Waals surface area contributed by atoms with Crippen LogP contribution in [-0.4, -0.2) is 15.7 Å². The minimum absolute atomic E-state index is 0.219. The Morgan fingerprint density at radius 1 is 1.61 bits per heavy atom. The molecule has 0 fully saturated rings. The van der Waals surface area contributed by atoms with E-state index in [1.54, 1.807) is 19.2 Å². The molecule has 0 aromatic carbocycles. The van der Waals surface area contributed by atoms with E-state index in [9.17, 15) is 4.79 Å². The number of amides is 1. The van der Waals surface area contributed by atoms with Gasteiger partial charge in [-0.3, -0.25) is 9.48 Å². The van der Waals surface area contributed by atoms with Crippen LogP contribution in [-0.2, 0) is 13.5 Å². The molecule has 0 aliphatic rings. The molecule has 0 atom stereocenters. The predicted molar refractivity (Wildman–Crippen MR) is 64.0 cm³/mol. The van der Waals surface area contributed by atoms with E-state index >= 15 is 0 Å². The van der Waals surface area contributed by atoms with Crippen molar-refractivity contribution in [1.82, 2.24) is 9.78 Å². The van der Waals surface area contributed by atoms with Gasteiger partial charge >= 0.3 is 0 Å². The van der Waals surface area contributed by atoms with Crippen molar-refractivity contribution in [3.63, 3.8) is 0 Å². The molecule has 0 saturated carbocycles. The Morgan fingerprint density at radius 3 is 3.00 bits per heavy atom. The van der Waals surface area contributed by atoms with Crippen molar-refractivity contribution < 1.29 is 9.21 Å². The molecule has 0 radical (unpaired) electrons. The van der Waals surface area contributed by atoms with Gasteiger partial charge in [-0.2, -0.15) is 10.4 Å². The summed E-state index contributed by atoms with van der Waals surface area (Å²) in [6.07, 6.45) is 2.12. The smallest absolute Gasteiger partial charge is 0.292 e. The molecule has 0 bridgehead atoms. The second-order valence-corrected chi connectivity index (χ2v) is 3.72. The number of carbonyl (C=O) groups is 1. The molecular formula is C12H12N4O2. The highest BCUT2D eigenvalue weighted by atomic mass is 16.3. The SMILES string of the molecule is CCc1ccc(C(=O)Nc2c(C#N)cnn2C)o1. The summed E-state index contributed by atoms with van der Waals surface area (Å²) in [6, 6.07) is 5.32. The van der Waals surface area contributed by atoms with Crippen molar-refractivity contribution in [2.24, 2.45) is 7.05 Å². The van der Waals surface area contributed by atoms with Crippen LogP contribution < -0.4 is 5.32 Å². The molecule has 0 saturated heterocycles. The highest BCUT2D eigenvalue weighted by Crippen LogP contribution is 2.15. The van der Waals surface area contributed by atoms with E-state index < -0.39 is 5.91 Å². The van der Waals surface area contributed by atoms with Crippen LogP contribution in [0, 0.1) is 11.3 Å². The van der Waals surface area contributed by atoms with Crippen LogP contribution in [0.5, 0.6) is 0 Å². The Bertz CT molecular complexity index is 618. The maximum absolute atomic E-state index is 11.9. The molecule has 2 rings (SSSR count). The van der Waals surface area contributed by atoms with Crippen LogP contribution in [0.1, 0.15) is 28.8 Å². The molecule has 0 spiro atoms. The first-order chi connectivity index (χ1) is 8.65. The second kappa shape index (κ2) is 4.75. The Morgan fingerprint density at radius 2 is 2.39 bits per heavy atom. The van der Waals surface area contributed by atoms with Crippen LogP contribution in [0.4, 0.5) is 5.82 Å². The van der Waals surface area contributed by atoms with Crippen molar-refractivity contribution in [2.75, 3.05) is 5.32 Å². The molecule has 1 amide bonds. The zero-order chi connectivity index (χ0) is 13.1. The standard InChI is InChI=1S/C12H12N4O2/c1-3-9-4-5-10(18-9)12(17)15-11-8(6-13)7-14-16(11)2/h4-5,7H,3H2,1-2H3,(H,15,17). The van der Waals surface area contributed by atoms with Crippen molar-refractivity contribution in [3.8, 4) is 6.07 Å². The van der Waals surface area contributed by atoms with Gasteiger partial charge in [0.05, 0.1) is 6.20 Å². The molecule has 2 heterocycles. The number of aromatic nitrogens is 2. The van der Waals surface area contributed by atoms with Gasteiger partial charge in [-0.15, -0.1) is 0 Å². The van der Waals surface area contributed by atoms with Crippen LogP contribution >= 0.6 is 0 Å². The predicted octanol–water partition coefficient (Wildman–Crippen LogP) is 1.70. The molecule has 18 heavy (non-hydrogen) atoms. The average molecular weight is 244 g/mol. The molecule has 2 aromatic rings. The second-order valence-electron chi connectivity index (χ2n) is 3.72. The lowest BCUT2D eigenvalue weighted by Gasteiger charge is -2.03. The summed E-state index contributed by atoms with van der Waals surface area (Å²) in [5, 5.41) is 15.4. The zero-order valence-electron chi connectivity index (χ0n) is 10.1. The number of carbonyl (C=O) groups excluding carboxylic acids is 1. The highest BCUT2D eigenvalue weighted by molar-refractivity contribution is 6.02. The third-order valence-corrected chi connectivity index (χ3v) is 2.53. The van der Waals surface area contributed by atoms with Crippen molar-refractivity contribution >= 4 is 11.7 Å². The summed E-state index contributed by atoms with van der Waals surface area (Å²) in [6.45, 7) is 1.94. The number of hydrogen-bond donors (Lipinski definition) is 1. The molecule has 6 heteroatoms. The summed E-state index contributed by atoms with van der Waals surface area (Å²) >= 11 is 0. The summed E-state index contributed by atoms with van der Waals surface area (Å²) < 4.78 is 6.76.